The summed E-state index contributed by atoms with van der Waals surface area (Å²) in [5.41, 5.74) is 4.22. The van der Waals surface area contributed by atoms with E-state index in [2.05, 4.69) is 39.0 Å². The first kappa shape index (κ1) is 17.5. The Bertz CT molecular complexity index is 996. The Kier molecular flexibility index (Phi) is 4.53. The van der Waals surface area contributed by atoms with Gasteiger partial charge < -0.3 is 10.6 Å². The van der Waals surface area contributed by atoms with Crippen molar-refractivity contribution in [3.8, 4) is 11.3 Å². The minimum Gasteiger partial charge on any atom is -0.317 e. The maximum atomic E-state index is 12.4. The second kappa shape index (κ2) is 7.00. The molecular weight excluding hydrogens is 360 g/mol. The number of rotatable bonds is 5. The molecule has 138 valence electrons. The summed E-state index contributed by atoms with van der Waals surface area (Å²) in [5.74, 6) is 0.392. The van der Waals surface area contributed by atoms with E-state index in [1.54, 1.807) is 12.1 Å². The number of benzene rings is 1. The molecule has 0 saturated heterocycles. The van der Waals surface area contributed by atoms with Crippen molar-refractivity contribution in [2.75, 3.05) is 10.6 Å². The number of thiophene rings is 1. The van der Waals surface area contributed by atoms with E-state index in [0.29, 0.717) is 15.7 Å². The lowest BCUT2D eigenvalue weighted by Gasteiger charge is -2.02. The standard InChI is InChI=1S/C20H20N4O2S/c1-11-7-12(2)9-14(8-11)15-10-17(24-23-15)21-20(26)16-5-6-18(27-16)22-19(25)13-3-4-13/h5-10,13H,3-4H2,1-2H3,(H,22,25)(H2,21,23,24,26). The van der Waals surface area contributed by atoms with Gasteiger partial charge in [-0.05, 0) is 51.0 Å². The summed E-state index contributed by atoms with van der Waals surface area (Å²) in [4.78, 5) is 24.8. The summed E-state index contributed by atoms with van der Waals surface area (Å²) < 4.78 is 0. The molecule has 0 radical (unpaired) electrons. The smallest absolute Gasteiger partial charge is 0.267 e. The molecule has 27 heavy (non-hydrogen) atoms. The summed E-state index contributed by atoms with van der Waals surface area (Å²) >= 11 is 1.26. The highest BCUT2D eigenvalue weighted by molar-refractivity contribution is 7.18. The van der Waals surface area contributed by atoms with Crippen LogP contribution < -0.4 is 10.6 Å². The van der Waals surface area contributed by atoms with E-state index in [4.69, 9.17) is 0 Å². The van der Waals surface area contributed by atoms with Crippen LogP contribution in [0.4, 0.5) is 10.8 Å². The van der Waals surface area contributed by atoms with Crippen molar-refractivity contribution in [1.29, 1.82) is 0 Å². The first-order valence-electron chi connectivity index (χ1n) is 8.84. The fourth-order valence-electron chi connectivity index (χ4n) is 2.94. The average molecular weight is 380 g/mol. The molecule has 1 aromatic carbocycles. The Morgan fingerprint density at radius 2 is 1.81 bits per heavy atom. The van der Waals surface area contributed by atoms with Gasteiger partial charge in [0.2, 0.25) is 5.91 Å². The van der Waals surface area contributed by atoms with Crippen LogP contribution in [0.2, 0.25) is 0 Å². The Balaban J connectivity index is 1.43. The summed E-state index contributed by atoms with van der Waals surface area (Å²) in [6.45, 7) is 4.10. The normalized spacial score (nSPS) is 13.4. The quantitative estimate of drug-likeness (QED) is 0.615. The van der Waals surface area contributed by atoms with E-state index in [1.807, 2.05) is 19.9 Å². The van der Waals surface area contributed by atoms with Gasteiger partial charge in [-0.25, -0.2) is 0 Å². The number of nitrogens with one attached hydrogen (secondary N) is 3. The molecule has 1 saturated carbocycles. The molecular formula is C20H20N4O2S. The lowest BCUT2D eigenvalue weighted by molar-refractivity contribution is -0.117. The Morgan fingerprint density at radius 1 is 1.07 bits per heavy atom. The third-order valence-electron chi connectivity index (χ3n) is 4.38. The molecule has 2 heterocycles. The third kappa shape index (κ3) is 4.09. The predicted octanol–water partition coefficient (Wildman–Crippen LogP) is 4.36. The topological polar surface area (TPSA) is 86.9 Å². The highest BCUT2D eigenvalue weighted by atomic mass is 32.1. The van der Waals surface area contributed by atoms with Crippen LogP contribution in [0, 0.1) is 19.8 Å². The van der Waals surface area contributed by atoms with Crippen LogP contribution in [0.5, 0.6) is 0 Å². The lowest BCUT2D eigenvalue weighted by Crippen LogP contribution is -2.12. The van der Waals surface area contributed by atoms with Gasteiger partial charge in [-0.3, -0.25) is 14.7 Å². The summed E-state index contributed by atoms with van der Waals surface area (Å²) in [7, 11) is 0. The Labute approximate surface area is 161 Å². The number of amides is 2. The van der Waals surface area contributed by atoms with Crippen LogP contribution >= 0.6 is 11.3 Å². The maximum absolute atomic E-state index is 12.4. The maximum Gasteiger partial charge on any atom is 0.267 e. The van der Waals surface area contributed by atoms with Gasteiger partial charge in [-0.15, -0.1) is 11.3 Å². The largest absolute Gasteiger partial charge is 0.317 e. The Morgan fingerprint density at radius 3 is 2.52 bits per heavy atom. The molecule has 0 bridgehead atoms. The summed E-state index contributed by atoms with van der Waals surface area (Å²) in [5, 5.41) is 13.5. The van der Waals surface area contributed by atoms with Crippen LogP contribution in [0.1, 0.15) is 33.6 Å². The van der Waals surface area contributed by atoms with E-state index in [1.165, 1.54) is 22.5 Å². The zero-order valence-corrected chi connectivity index (χ0v) is 15.9. The molecule has 7 heteroatoms. The van der Waals surface area contributed by atoms with Gasteiger partial charge in [0.1, 0.15) is 0 Å². The number of nitrogens with zero attached hydrogens (tertiary/aromatic N) is 1. The van der Waals surface area contributed by atoms with Gasteiger partial charge in [0, 0.05) is 17.5 Å². The number of aryl methyl sites for hydroxylation is 2. The first-order valence-corrected chi connectivity index (χ1v) is 9.66. The Hall–Kier alpha value is -2.93. The minimum atomic E-state index is -0.245. The second-order valence-electron chi connectivity index (χ2n) is 6.92. The third-order valence-corrected chi connectivity index (χ3v) is 5.38. The van der Waals surface area contributed by atoms with E-state index < -0.39 is 0 Å². The second-order valence-corrected chi connectivity index (χ2v) is 8.01. The molecule has 3 N–H and O–H groups in total. The molecule has 1 fully saturated rings. The number of anilines is 2. The van der Waals surface area contributed by atoms with Crippen LogP contribution in [0.3, 0.4) is 0 Å². The van der Waals surface area contributed by atoms with Crippen molar-refractivity contribution >= 4 is 34.0 Å². The van der Waals surface area contributed by atoms with Gasteiger partial charge >= 0.3 is 0 Å². The van der Waals surface area contributed by atoms with Crippen molar-refractivity contribution < 1.29 is 9.59 Å². The zero-order valence-electron chi connectivity index (χ0n) is 15.1. The van der Waals surface area contributed by atoms with E-state index >= 15 is 0 Å². The van der Waals surface area contributed by atoms with Crippen LogP contribution in [-0.2, 0) is 4.79 Å². The first-order chi connectivity index (χ1) is 13.0. The van der Waals surface area contributed by atoms with Crippen molar-refractivity contribution in [1.82, 2.24) is 10.2 Å². The highest BCUT2D eigenvalue weighted by Gasteiger charge is 2.29. The number of aromatic amines is 1. The number of H-pyrrole nitrogens is 1. The zero-order chi connectivity index (χ0) is 19.0. The van der Waals surface area contributed by atoms with E-state index in [0.717, 1.165) is 24.1 Å². The van der Waals surface area contributed by atoms with Gasteiger partial charge in [0.15, 0.2) is 5.82 Å². The minimum absolute atomic E-state index is 0.0363. The number of carbonyl (C=O) groups excluding carboxylic acids is 2. The fraction of sp³-hybridized carbons (Fsp3) is 0.250. The number of aromatic nitrogens is 2. The molecule has 0 spiro atoms. The van der Waals surface area contributed by atoms with Gasteiger partial charge in [-0.1, -0.05) is 17.2 Å². The average Bonchev–Trinajstić information content (AvgIpc) is 3.19. The lowest BCUT2D eigenvalue weighted by atomic mass is 10.1. The van der Waals surface area contributed by atoms with Crippen molar-refractivity contribution in [3.05, 3.63) is 52.4 Å². The van der Waals surface area contributed by atoms with Crippen LogP contribution in [-0.4, -0.2) is 22.0 Å². The van der Waals surface area contributed by atoms with E-state index in [-0.39, 0.29) is 17.7 Å². The number of hydrogen-bond acceptors (Lipinski definition) is 4. The summed E-state index contributed by atoms with van der Waals surface area (Å²) in [6.07, 6.45) is 1.90. The monoisotopic (exact) mass is 380 g/mol. The molecule has 0 unspecified atom stereocenters. The molecule has 1 aliphatic rings. The molecule has 3 aromatic rings. The van der Waals surface area contributed by atoms with Crippen molar-refractivity contribution in [3.63, 3.8) is 0 Å². The molecule has 2 amide bonds. The molecule has 4 rings (SSSR count). The highest BCUT2D eigenvalue weighted by Crippen LogP contribution is 2.32. The van der Waals surface area contributed by atoms with Gasteiger partial charge in [0.05, 0.1) is 15.6 Å². The SMILES string of the molecule is Cc1cc(C)cc(-c2cc(NC(=O)c3ccc(NC(=O)C4CC4)s3)n[nH]2)c1. The molecule has 2 aromatic heterocycles. The van der Waals surface area contributed by atoms with Crippen LogP contribution in [0.25, 0.3) is 11.3 Å². The number of hydrogen-bond donors (Lipinski definition) is 3. The number of carbonyl (C=O) groups is 2. The summed E-state index contributed by atoms with van der Waals surface area (Å²) in [6, 6.07) is 11.5. The van der Waals surface area contributed by atoms with Gasteiger partial charge in [-0.2, -0.15) is 5.10 Å². The molecule has 1 aliphatic carbocycles. The van der Waals surface area contributed by atoms with Gasteiger partial charge in [0.25, 0.3) is 5.91 Å². The molecule has 0 aliphatic heterocycles. The van der Waals surface area contributed by atoms with Crippen molar-refractivity contribution in [2.45, 2.75) is 26.7 Å². The van der Waals surface area contributed by atoms with Crippen LogP contribution in [0.15, 0.2) is 36.4 Å². The predicted molar refractivity (Wildman–Crippen MR) is 107 cm³/mol. The van der Waals surface area contributed by atoms with E-state index in [9.17, 15) is 9.59 Å². The molecule has 6 nitrogen and oxygen atoms in total. The van der Waals surface area contributed by atoms with Crippen molar-refractivity contribution in [2.24, 2.45) is 5.92 Å². The fourth-order valence-corrected chi connectivity index (χ4v) is 3.74. The molecule has 0 atom stereocenters.